The molecule has 0 radical (unpaired) electrons. The van der Waals surface area contributed by atoms with Crippen LogP contribution in [0.3, 0.4) is 0 Å². The summed E-state index contributed by atoms with van der Waals surface area (Å²) in [6.45, 7) is 8.21. The second-order valence-electron chi connectivity index (χ2n) is 6.10. The largest absolute Gasteiger partial charge is 0.357 e. The predicted octanol–water partition coefficient (Wildman–Crippen LogP) is 1.06. The van der Waals surface area contributed by atoms with Gasteiger partial charge in [0, 0.05) is 46.3 Å². The molecule has 132 valence electrons. The molecule has 23 heavy (non-hydrogen) atoms. The van der Waals surface area contributed by atoms with Crippen LogP contribution in [0.15, 0.2) is 17.1 Å². The molecule has 1 aliphatic rings. The topological polar surface area (TPSA) is 60.0 Å². The Morgan fingerprint density at radius 3 is 2.61 bits per heavy atom. The van der Waals surface area contributed by atoms with Crippen molar-refractivity contribution >= 4 is 11.9 Å². The molecule has 1 heterocycles. The maximum atomic E-state index is 11.8. The zero-order valence-corrected chi connectivity index (χ0v) is 15.1. The maximum Gasteiger partial charge on any atom is 0.236 e. The Morgan fingerprint density at radius 2 is 2.04 bits per heavy atom. The Hall–Kier alpha value is -1.56. The van der Waals surface area contributed by atoms with Gasteiger partial charge in [-0.3, -0.25) is 14.7 Å². The molecule has 0 aromatic heterocycles. The fraction of sp³-hybridized carbons (Fsp3) is 0.765. The number of hydrogen-bond acceptors (Lipinski definition) is 3. The molecule has 0 aromatic carbocycles. The number of nitrogens with one attached hydrogen (secondary N) is 2. The first-order valence-corrected chi connectivity index (χ1v) is 8.65. The van der Waals surface area contributed by atoms with E-state index in [-0.39, 0.29) is 5.91 Å². The van der Waals surface area contributed by atoms with Crippen LogP contribution in [0.5, 0.6) is 0 Å². The van der Waals surface area contributed by atoms with Gasteiger partial charge in [-0.15, -0.1) is 0 Å². The highest BCUT2D eigenvalue weighted by Crippen LogP contribution is 2.10. The second kappa shape index (κ2) is 11.0. The number of nitrogens with zero attached hydrogens (tertiary/aromatic N) is 3. The zero-order valence-electron chi connectivity index (χ0n) is 15.1. The van der Waals surface area contributed by atoms with Crippen molar-refractivity contribution in [2.75, 3.05) is 46.8 Å². The molecule has 1 aliphatic heterocycles. The Bertz CT molecular complexity index is 398. The van der Waals surface area contributed by atoms with Crippen molar-refractivity contribution in [3.8, 4) is 0 Å². The van der Waals surface area contributed by atoms with Gasteiger partial charge in [-0.05, 0) is 33.1 Å². The molecule has 1 fully saturated rings. The number of guanidine groups is 1. The third-order valence-corrected chi connectivity index (χ3v) is 3.93. The minimum Gasteiger partial charge on any atom is -0.357 e. The molecule has 0 atom stereocenters. The molecular weight excluding hydrogens is 290 g/mol. The maximum absolute atomic E-state index is 11.8. The van der Waals surface area contributed by atoms with E-state index in [9.17, 15) is 4.79 Å². The summed E-state index contributed by atoms with van der Waals surface area (Å²) < 4.78 is 0. The summed E-state index contributed by atoms with van der Waals surface area (Å²) >= 11 is 0. The average Bonchev–Trinajstić information content (AvgIpc) is 2.53. The third-order valence-electron chi connectivity index (χ3n) is 3.93. The van der Waals surface area contributed by atoms with Gasteiger partial charge in [-0.1, -0.05) is 12.2 Å². The summed E-state index contributed by atoms with van der Waals surface area (Å²) in [5.74, 6) is 1.08. The van der Waals surface area contributed by atoms with Gasteiger partial charge >= 0.3 is 0 Å². The van der Waals surface area contributed by atoms with E-state index >= 15 is 0 Å². The van der Waals surface area contributed by atoms with E-state index in [1.165, 1.54) is 0 Å². The second-order valence-corrected chi connectivity index (χ2v) is 6.10. The molecule has 0 unspecified atom stereocenters. The number of likely N-dealkylation sites (tertiary alicyclic amines) is 1. The van der Waals surface area contributed by atoms with E-state index < -0.39 is 0 Å². The van der Waals surface area contributed by atoms with Crippen molar-refractivity contribution in [3.05, 3.63) is 12.2 Å². The number of piperidine rings is 1. The summed E-state index contributed by atoms with van der Waals surface area (Å²) in [7, 11) is 3.62. The molecule has 1 saturated heterocycles. The summed E-state index contributed by atoms with van der Waals surface area (Å²) in [6, 6.07) is 0.431. The summed E-state index contributed by atoms with van der Waals surface area (Å²) in [5, 5.41) is 6.83. The Labute approximate surface area is 141 Å². The van der Waals surface area contributed by atoms with Crippen LogP contribution >= 0.6 is 0 Å². The number of carbonyl (C=O) groups is 1. The van der Waals surface area contributed by atoms with Crippen LogP contribution in [-0.2, 0) is 4.79 Å². The van der Waals surface area contributed by atoms with Crippen molar-refractivity contribution in [2.24, 2.45) is 4.99 Å². The fourth-order valence-corrected chi connectivity index (χ4v) is 2.50. The van der Waals surface area contributed by atoms with Crippen LogP contribution in [0.25, 0.3) is 0 Å². The number of likely N-dealkylation sites (N-methyl/N-ethyl adjacent to an activating group) is 1. The predicted molar refractivity (Wildman–Crippen MR) is 96.7 cm³/mol. The minimum absolute atomic E-state index is 0.176. The Morgan fingerprint density at radius 1 is 1.35 bits per heavy atom. The van der Waals surface area contributed by atoms with Crippen LogP contribution in [0.4, 0.5) is 0 Å². The van der Waals surface area contributed by atoms with Gasteiger partial charge in [0.2, 0.25) is 5.91 Å². The van der Waals surface area contributed by atoms with Crippen molar-refractivity contribution < 1.29 is 4.79 Å². The lowest BCUT2D eigenvalue weighted by atomic mass is 10.1. The van der Waals surface area contributed by atoms with Crippen molar-refractivity contribution in [3.63, 3.8) is 0 Å². The van der Waals surface area contributed by atoms with Crippen molar-refractivity contribution in [2.45, 2.75) is 39.2 Å². The number of rotatable bonds is 7. The fourth-order valence-electron chi connectivity index (χ4n) is 2.50. The zero-order chi connectivity index (χ0) is 17.1. The smallest absolute Gasteiger partial charge is 0.236 e. The monoisotopic (exact) mass is 323 g/mol. The number of carbonyl (C=O) groups excluding carboxylic acids is 1. The highest BCUT2D eigenvalue weighted by Gasteiger charge is 2.21. The van der Waals surface area contributed by atoms with E-state index in [0.717, 1.165) is 51.4 Å². The van der Waals surface area contributed by atoms with Gasteiger partial charge < -0.3 is 15.5 Å². The number of aliphatic imine (C=N–C) groups is 1. The van der Waals surface area contributed by atoms with Crippen LogP contribution in [0.1, 0.15) is 33.1 Å². The third kappa shape index (κ3) is 8.02. The van der Waals surface area contributed by atoms with Crippen LogP contribution in [-0.4, -0.2) is 74.5 Å². The number of allylic oxidation sites excluding steroid dienone is 1. The molecule has 0 aliphatic carbocycles. The first-order valence-electron chi connectivity index (χ1n) is 8.65. The molecule has 6 heteroatoms. The van der Waals surface area contributed by atoms with E-state index in [1.807, 2.05) is 21.0 Å². The lowest BCUT2D eigenvalue weighted by Gasteiger charge is -2.33. The molecule has 0 aromatic rings. The van der Waals surface area contributed by atoms with E-state index in [4.69, 9.17) is 0 Å². The van der Waals surface area contributed by atoms with Gasteiger partial charge in [0.25, 0.3) is 0 Å². The van der Waals surface area contributed by atoms with Crippen molar-refractivity contribution in [1.29, 1.82) is 0 Å². The first kappa shape index (κ1) is 19.5. The van der Waals surface area contributed by atoms with E-state index in [2.05, 4.69) is 39.6 Å². The van der Waals surface area contributed by atoms with Crippen LogP contribution < -0.4 is 10.6 Å². The lowest BCUT2D eigenvalue weighted by molar-refractivity contribution is -0.130. The first-order chi connectivity index (χ1) is 11.1. The molecule has 0 spiro atoms. The average molecular weight is 323 g/mol. The molecule has 0 saturated carbocycles. The van der Waals surface area contributed by atoms with E-state index in [1.54, 1.807) is 4.90 Å². The van der Waals surface area contributed by atoms with E-state index in [0.29, 0.717) is 12.6 Å². The SMILES string of the molecule is C/C=C/CCN=C(NCC)NC1CCN(CC(=O)N(C)C)CC1. The molecule has 6 nitrogen and oxygen atoms in total. The van der Waals surface area contributed by atoms with Crippen LogP contribution in [0.2, 0.25) is 0 Å². The van der Waals surface area contributed by atoms with Crippen molar-refractivity contribution in [1.82, 2.24) is 20.4 Å². The minimum atomic E-state index is 0.176. The molecule has 1 rings (SSSR count). The summed E-state index contributed by atoms with van der Waals surface area (Å²) in [5.41, 5.74) is 0. The Balaban J connectivity index is 2.38. The lowest BCUT2D eigenvalue weighted by Crippen LogP contribution is -2.50. The van der Waals surface area contributed by atoms with Gasteiger partial charge in [-0.2, -0.15) is 0 Å². The number of amides is 1. The van der Waals surface area contributed by atoms with Crippen LogP contribution in [0, 0.1) is 0 Å². The standard InChI is InChI=1S/C17H33N5O/c1-5-7-8-11-19-17(18-6-2)20-15-9-12-22(13-10-15)14-16(23)21(3)4/h5,7,15H,6,8-14H2,1-4H3,(H2,18,19,20)/b7-5+. The molecular formula is C17H33N5O. The summed E-state index contributed by atoms with van der Waals surface area (Å²) in [4.78, 5) is 20.3. The van der Waals surface area contributed by atoms with Gasteiger partial charge in [0.15, 0.2) is 5.96 Å². The van der Waals surface area contributed by atoms with Gasteiger partial charge in [0.1, 0.15) is 0 Å². The summed E-state index contributed by atoms with van der Waals surface area (Å²) in [6.07, 6.45) is 7.24. The molecule has 2 N–H and O–H groups in total. The molecule has 0 bridgehead atoms. The normalized spacial score (nSPS) is 17.5. The van der Waals surface area contributed by atoms with Gasteiger partial charge in [0.05, 0.1) is 6.54 Å². The Kier molecular flexibility index (Phi) is 9.36. The highest BCUT2D eigenvalue weighted by molar-refractivity contribution is 5.80. The highest BCUT2D eigenvalue weighted by atomic mass is 16.2. The quantitative estimate of drug-likeness (QED) is 0.318. The van der Waals surface area contributed by atoms with Gasteiger partial charge in [-0.25, -0.2) is 0 Å². The number of hydrogen-bond donors (Lipinski definition) is 2. The molecule has 1 amide bonds.